The van der Waals surface area contributed by atoms with Gasteiger partial charge in [0.15, 0.2) is 5.78 Å². The third-order valence-electron chi connectivity index (χ3n) is 3.86. The van der Waals surface area contributed by atoms with E-state index in [4.69, 9.17) is 0 Å². The molecule has 0 atom stereocenters. The molecule has 0 saturated carbocycles. The van der Waals surface area contributed by atoms with E-state index in [0.29, 0.717) is 31.0 Å². The number of fused-ring (bicyclic) bond motifs is 1. The first-order valence-electron chi connectivity index (χ1n) is 8.35. The molecule has 4 aromatic rings. The maximum atomic E-state index is 12.8. The van der Waals surface area contributed by atoms with Crippen LogP contribution in [0.15, 0.2) is 48.1 Å². The molecule has 0 aromatic carbocycles. The predicted molar refractivity (Wildman–Crippen MR) is 101 cm³/mol. The zero-order valence-corrected chi connectivity index (χ0v) is 15.1. The average Bonchev–Trinajstić information content (AvgIpc) is 3.20. The van der Waals surface area contributed by atoms with E-state index >= 15 is 0 Å². The lowest BCUT2D eigenvalue weighted by Gasteiger charge is -2.07. The Labute approximate surface area is 158 Å². The van der Waals surface area contributed by atoms with Crippen molar-refractivity contribution in [2.24, 2.45) is 0 Å². The summed E-state index contributed by atoms with van der Waals surface area (Å²) in [6.45, 7) is 0.427. The highest BCUT2D eigenvalue weighted by molar-refractivity contribution is 7.17. The molecule has 0 fully saturated rings. The number of aryl methyl sites for hydroxylation is 1. The highest BCUT2D eigenvalue weighted by atomic mass is 32.1. The van der Waals surface area contributed by atoms with E-state index in [0.717, 1.165) is 21.6 Å². The average molecular weight is 377 g/mol. The third-order valence-corrected chi connectivity index (χ3v) is 4.77. The van der Waals surface area contributed by atoms with Crippen molar-refractivity contribution in [1.82, 2.24) is 30.4 Å². The van der Waals surface area contributed by atoms with Gasteiger partial charge in [-0.25, -0.2) is 9.97 Å². The maximum Gasteiger partial charge on any atom is 0.224 e. The molecule has 0 radical (unpaired) electrons. The van der Waals surface area contributed by atoms with Crippen LogP contribution in [-0.2, 0) is 13.0 Å². The number of carbonyl (C=O) groups is 1. The number of carbonyl (C=O) groups excluding carboxylic acids is 1. The van der Waals surface area contributed by atoms with Crippen LogP contribution in [0, 0.1) is 0 Å². The molecule has 0 amide bonds. The quantitative estimate of drug-likeness (QED) is 0.490. The highest BCUT2D eigenvalue weighted by Gasteiger charge is 2.16. The van der Waals surface area contributed by atoms with E-state index in [9.17, 15) is 4.79 Å². The number of hydrogen-bond donors (Lipinski definition) is 1. The van der Waals surface area contributed by atoms with Crippen LogP contribution in [0.3, 0.4) is 0 Å². The van der Waals surface area contributed by atoms with Gasteiger partial charge >= 0.3 is 0 Å². The molecule has 27 heavy (non-hydrogen) atoms. The molecule has 0 bridgehead atoms. The Hall–Kier alpha value is -3.33. The van der Waals surface area contributed by atoms with E-state index in [-0.39, 0.29) is 5.78 Å². The molecule has 0 saturated heterocycles. The van der Waals surface area contributed by atoms with Crippen LogP contribution >= 0.6 is 11.3 Å². The minimum Gasteiger partial charge on any atom is -0.348 e. The predicted octanol–water partition coefficient (Wildman–Crippen LogP) is 2.70. The Morgan fingerprint density at radius 1 is 1.00 bits per heavy atom. The number of ketones is 1. The van der Waals surface area contributed by atoms with Crippen molar-refractivity contribution in [2.75, 3.05) is 5.32 Å². The number of aromatic nitrogens is 6. The lowest BCUT2D eigenvalue weighted by atomic mass is 10.1. The fourth-order valence-electron chi connectivity index (χ4n) is 2.56. The SMILES string of the molecule is O=C(CCc1cccnn1)c1nc(NCc2cccnn2)nc2ccsc12. The largest absolute Gasteiger partial charge is 0.348 e. The second-order valence-electron chi connectivity index (χ2n) is 5.74. The molecule has 4 heterocycles. The minimum absolute atomic E-state index is 0.0435. The molecule has 0 aliphatic heterocycles. The summed E-state index contributed by atoms with van der Waals surface area (Å²) < 4.78 is 0.796. The molecule has 4 rings (SSSR count). The van der Waals surface area contributed by atoms with Gasteiger partial charge in [-0.05, 0) is 42.1 Å². The summed E-state index contributed by atoms with van der Waals surface area (Å²) >= 11 is 1.46. The van der Waals surface area contributed by atoms with Crippen molar-refractivity contribution in [3.63, 3.8) is 0 Å². The van der Waals surface area contributed by atoms with Crippen LogP contribution in [0.2, 0.25) is 0 Å². The lowest BCUT2D eigenvalue weighted by Crippen LogP contribution is -2.10. The van der Waals surface area contributed by atoms with Gasteiger partial charge in [0.25, 0.3) is 0 Å². The maximum absolute atomic E-state index is 12.8. The summed E-state index contributed by atoms with van der Waals surface area (Å²) in [5.41, 5.74) is 2.73. The second kappa shape index (κ2) is 7.92. The topological polar surface area (TPSA) is 106 Å². The first-order valence-corrected chi connectivity index (χ1v) is 9.23. The lowest BCUT2D eigenvalue weighted by molar-refractivity contribution is 0.0979. The van der Waals surface area contributed by atoms with E-state index in [1.807, 2.05) is 35.7 Å². The number of Topliss-reactive ketones (excluding diaryl/α,β-unsaturated/α-hetero) is 1. The summed E-state index contributed by atoms with van der Waals surface area (Å²) in [5, 5.41) is 20.7. The van der Waals surface area contributed by atoms with Crippen molar-refractivity contribution in [3.05, 3.63) is 65.2 Å². The normalized spacial score (nSPS) is 10.8. The van der Waals surface area contributed by atoms with E-state index in [1.54, 1.807) is 12.4 Å². The fraction of sp³-hybridized carbons (Fsp3) is 0.167. The second-order valence-corrected chi connectivity index (χ2v) is 6.65. The number of anilines is 1. The van der Waals surface area contributed by atoms with Crippen LogP contribution in [-0.4, -0.2) is 36.1 Å². The first kappa shape index (κ1) is 17.1. The van der Waals surface area contributed by atoms with Gasteiger partial charge in [-0.15, -0.1) is 11.3 Å². The summed E-state index contributed by atoms with van der Waals surface area (Å²) in [6, 6.07) is 9.22. The van der Waals surface area contributed by atoms with Gasteiger partial charge in [-0.3, -0.25) is 4.79 Å². The number of nitrogens with zero attached hydrogens (tertiary/aromatic N) is 6. The van der Waals surface area contributed by atoms with E-state index < -0.39 is 0 Å². The van der Waals surface area contributed by atoms with Crippen molar-refractivity contribution >= 4 is 33.3 Å². The van der Waals surface area contributed by atoms with E-state index in [2.05, 4.69) is 35.7 Å². The Kier molecular flexibility index (Phi) is 5.01. The Morgan fingerprint density at radius 2 is 1.78 bits per heavy atom. The zero-order chi connectivity index (χ0) is 18.5. The minimum atomic E-state index is -0.0435. The van der Waals surface area contributed by atoms with Gasteiger partial charge in [-0.2, -0.15) is 20.4 Å². The molecule has 1 N–H and O–H groups in total. The van der Waals surface area contributed by atoms with Gasteiger partial charge in [0.2, 0.25) is 5.95 Å². The van der Waals surface area contributed by atoms with Gasteiger partial charge < -0.3 is 5.32 Å². The van der Waals surface area contributed by atoms with Gasteiger partial charge in [0.1, 0.15) is 5.69 Å². The smallest absolute Gasteiger partial charge is 0.224 e. The van der Waals surface area contributed by atoms with Crippen LogP contribution in [0.5, 0.6) is 0 Å². The Morgan fingerprint density at radius 3 is 2.52 bits per heavy atom. The molecule has 134 valence electrons. The van der Waals surface area contributed by atoms with Crippen molar-refractivity contribution in [1.29, 1.82) is 0 Å². The number of rotatable bonds is 7. The van der Waals surface area contributed by atoms with E-state index in [1.165, 1.54) is 11.3 Å². The number of nitrogens with one attached hydrogen (secondary N) is 1. The van der Waals surface area contributed by atoms with Gasteiger partial charge in [0, 0.05) is 18.8 Å². The summed E-state index contributed by atoms with van der Waals surface area (Å²) in [5.74, 6) is 0.354. The summed E-state index contributed by atoms with van der Waals surface area (Å²) in [4.78, 5) is 21.7. The Balaban J connectivity index is 1.54. The van der Waals surface area contributed by atoms with Crippen LogP contribution in [0.4, 0.5) is 5.95 Å². The molecule has 4 aromatic heterocycles. The molecule has 0 aliphatic rings. The summed E-state index contributed by atoms with van der Waals surface area (Å²) in [7, 11) is 0. The van der Waals surface area contributed by atoms with Crippen molar-refractivity contribution < 1.29 is 4.79 Å². The zero-order valence-electron chi connectivity index (χ0n) is 14.2. The van der Waals surface area contributed by atoms with Crippen molar-refractivity contribution in [2.45, 2.75) is 19.4 Å². The molecular formula is C18H15N7OS. The molecule has 9 heteroatoms. The van der Waals surface area contributed by atoms with Gasteiger partial charge in [0.05, 0.1) is 28.1 Å². The van der Waals surface area contributed by atoms with Crippen LogP contribution in [0.1, 0.15) is 28.3 Å². The molecule has 0 aliphatic carbocycles. The molecular weight excluding hydrogens is 362 g/mol. The first-order chi connectivity index (χ1) is 13.3. The fourth-order valence-corrected chi connectivity index (χ4v) is 3.39. The van der Waals surface area contributed by atoms with Crippen molar-refractivity contribution in [3.8, 4) is 0 Å². The van der Waals surface area contributed by atoms with Gasteiger partial charge in [-0.1, -0.05) is 0 Å². The van der Waals surface area contributed by atoms with Crippen LogP contribution in [0.25, 0.3) is 10.2 Å². The number of thiophene rings is 1. The Bertz CT molecular complexity index is 1050. The highest BCUT2D eigenvalue weighted by Crippen LogP contribution is 2.25. The monoisotopic (exact) mass is 377 g/mol. The third kappa shape index (κ3) is 4.09. The summed E-state index contributed by atoms with van der Waals surface area (Å²) in [6.07, 6.45) is 4.06. The molecule has 0 spiro atoms. The molecule has 0 unspecified atom stereocenters. The number of hydrogen-bond acceptors (Lipinski definition) is 9. The molecule has 8 nitrogen and oxygen atoms in total. The standard InChI is InChI=1S/C18H15N7OS/c26-15(6-5-12-3-1-8-20-24-12)16-17-14(7-10-27-17)22-18(23-16)19-11-13-4-2-9-21-25-13/h1-4,7-10H,5-6,11H2,(H,19,22,23). The van der Waals surface area contributed by atoms with Crippen LogP contribution < -0.4 is 5.32 Å².